The number of nitrogens with zero attached hydrogens (tertiary/aromatic N) is 2. The highest BCUT2D eigenvalue weighted by molar-refractivity contribution is 6.05. The fourth-order valence-electron chi connectivity index (χ4n) is 3.08. The first-order chi connectivity index (χ1) is 12.4. The molecule has 0 spiro atoms. The number of nitrogens with one attached hydrogen (secondary N) is 1. The molecule has 0 atom stereocenters. The van der Waals surface area contributed by atoms with Crippen molar-refractivity contribution in [2.24, 2.45) is 0 Å². The molecule has 0 saturated heterocycles. The van der Waals surface area contributed by atoms with Gasteiger partial charge in [0.25, 0.3) is 5.91 Å². The third-order valence-corrected chi connectivity index (χ3v) is 4.32. The molecule has 1 heterocycles. The Balaban J connectivity index is 2.25. The molecule has 0 radical (unpaired) electrons. The van der Waals surface area contributed by atoms with E-state index in [0.29, 0.717) is 5.56 Å². The van der Waals surface area contributed by atoms with Crippen LogP contribution in [0.5, 0.6) is 0 Å². The van der Waals surface area contributed by atoms with Crippen molar-refractivity contribution in [1.29, 1.82) is 0 Å². The summed E-state index contributed by atoms with van der Waals surface area (Å²) < 4.78 is 0. The van der Waals surface area contributed by atoms with Gasteiger partial charge in [0.2, 0.25) is 0 Å². The largest absolute Gasteiger partial charge is 0.370 e. The second kappa shape index (κ2) is 8.84. The van der Waals surface area contributed by atoms with Gasteiger partial charge in [0.15, 0.2) is 0 Å². The summed E-state index contributed by atoms with van der Waals surface area (Å²) >= 11 is 0. The molecule has 1 aromatic heterocycles. The summed E-state index contributed by atoms with van der Waals surface area (Å²) in [6, 6.07) is 9.91. The zero-order valence-electron chi connectivity index (χ0n) is 16.7. The zero-order chi connectivity index (χ0) is 19.2. The molecule has 0 aliphatic heterocycles. The van der Waals surface area contributed by atoms with Crippen molar-refractivity contribution >= 4 is 17.3 Å². The lowest BCUT2D eigenvalue weighted by molar-refractivity contribution is 0.102. The summed E-state index contributed by atoms with van der Waals surface area (Å²) in [5.74, 6) is -0.121. The number of anilines is 2. The summed E-state index contributed by atoms with van der Waals surface area (Å²) in [5.41, 5.74) is 3.53. The molecular weight excluding hydrogens is 322 g/mol. The molecular formula is C22H31N3O. The predicted molar refractivity (Wildman–Crippen MR) is 110 cm³/mol. The van der Waals surface area contributed by atoms with Gasteiger partial charge in [0, 0.05) is 25.0 Å². The van der Waals surface area contributed by atoms with E-state index in [1.54, 1.807) is 6.20 Å². The van der Waals surface area contributed by atoms with Crippen LogP contribution in [0.4, 0.5) is 11.4 Å². The molecule has 1 N–H and O–H groups in total. The standard InChI is InChI=1S/C22H31N3O/c1-6-12-25(13-7-2)18-14-17(15-23-16-18)21(26)24-20-11-9-8-10-19(20)22(3,4)5/h8-11,14-16H,6-7,12-13H2,1-5H3,(H,24,26). The molecule has 4 heteroatoms. The number of benzene rings is 1. The monoisotopic (exact) mass is 353 g/mol. The van der Waals surface area contributed by atoms with Crippen LogP contribution in [-0.4, -0.2) is 24.0 Å². The van der Waals surface area contributed by atoms with Crippen molar-refractivity contribution in [1.82, 2.24) is 4.98 Å². The lowest BCUT2D eigenvalue weighted by atomic mass is 9.86. The SMILES string of the molecule is CCCN(CCC)c1cncc(C(=O)Nc2ccccc2C(C)(C)C)c1. The first-order valence-corrected chi connectivity index (χ1v) is 9.47. The second-order valence-corrected chi connectivity index (χ2v) is 7.67. The van der Waals surface area contributed by atoms with E-state index < -0.39 is 0 Å². The maximum absolute atomic E-state index is 12.8. The number of carbonyl (C=O) groups excluding carboxylic acids is 1. The number of aromatic nitrogens is 1. The van der Waals surface area contributed by atoms with Crippen LogP contribution in [0, 0.1) is 0 Å². The molecule has 26 heavy (non-hydrogen) atoms. The molecule has 0 fully saturated rings. The minimum Gasteiger partial charge on any atom is -0.370 e. The maximum Gasteiger partial charge on any atom is 0.257 e. The Morgan fingerprint density at radius 3 is 2.35 bits per heavy atom. The lowest BCUT2D eigenvalue weighted by Crippen LogP contribution is -2.25. The number of amides is 1. The molecule has 2 aromatic rings. The molecule has 1 amide bonds. The number of rotatable bonds is 7. The van der Waals surface area contributed by atoms with E-state index >= 15 is 0 Å². The fourth-order valence-corrected chi connectivity index (χ4v) is 3.08. The highest BCUT2D eigenvalue weighted by Gasteiger charge is 2.19. The topological polar surface area (TPSA) is 45.2 Å². The average molecular weight is 354 g/mol. The molecule has 1 aromatic carbocycles. The lowest BCUT2D eigenvalue weighted by Gasteiger charge is -2.24. The van der Waals surface area contributed by atoms with Gasteiger partial charge in [-0.3, -0.25) is 9.78 Å². The first-order valence-electron chi connectivity index (χ1n) is 9.47. The van der Waals surface area contributed by atoms with Crippen molar-refractivity contribution in [3.05, 3.63) is 53.9 Å². The predicted octanol–water partition coefficient (Wildman–Crippen LogP) is 5.26. The molecule has 0 bridgehead atoms. The summed E-state index contributed by atoms with van der Waals surface area (Å²) in [6.07, 6.45) is 5.60. The maximum atomic E-state index is 12.8. The van der Waals surface area contributed by atoms with Crippen LogP contribution < -0.4 is 10.2 Å². The minimum absolute atomic E-state index is 0.0387. The van der Waals surface area contributed by atoms with Crippen molar-refractivity contribution in [3.8, 4) is 0 Å². The van der Waals surface area contributed by atoms with Gasteiger partial charge in [0.05, 0.1) is 17.4 Å². The van der Waals surface area contributed by atoms with E-state index in [9.17, 15) is 4.79 Å². The van der Waals surface area contributed by atoms with E-state index in [4.69, 9.17) is 0 Å². The molecule has 4 nitrogen and oxygen atoms in total. The molecule has 0 saturated carbocycles. The molecule has 140 valence electrons. The van der Waals surface area contributed by atoms with Crippen molar-refractivity contribution in [2.45, 2.75) is 52.9 Å². The Morgan fingerprint density at radius 2 is 1.73 bits per heavy atom. The number of hydrogen-bond acceptors (Lipinski definition) is 3. The highest BCUT2D eigenvalue weighted by Crippen LogP contribution is 2.29. The van der Waals surface area contributed by atoms with Crippen molar-refractivity contribution < 1.29 is 4.79 Å². The molecule has 0 aliphatic carbocycles. The number of pyridine rings is 1. The summed E-state index contributed by atoms with van der Waals surface area (Å²) in [7, 11) is 0. The van der Waals surface area contributed by atoms with Crippen LogP contribution in [0.3, 0.4) is 0 Å². The van der Waals surface area contributed by atoms with Gasteiger partial charge >= 0.3 is 0 Å². The van der Waals surface area contributed by atoms with Gasteiger partial charge in [-0.15, -0.1) is 0 Å². The normalized spacial score (nSPS) is 11.3. The van der Waals surface area contributed by atoms with Gasteiger partial charge < -0.3 is 10.2 Å². The fraction of sp³-hybridized carbons (Fsp3) is 0.455. The molecule has 0 aliphatic rings. The van der Waals surface area contributed by atoms with Gasteiger partial charge in [-0.2, -0.15) is 0 Å². The Bertz CT molecular complexity index is 728. The van der Waals surface area contributed by atoms with Gasteiger partial charge in [-0.25, -0.2) is 0 Å². The third kappa shape index (κ3) is 5.07. The van der Waals surface area contributed by atoms with Crippen LogP contribution in [0.15, 0.2) is 42.7 Å². The van der Waals surface area contributed by atoms with Crippen LogP contribution in [-0.2, 0) is 5.41 Å². The Morgan fingerprint density at radius 1 is 1.08 bits per heavy atom. The Labute approximate surface area is 157 Å². The van der Waals surface area contributed by atoms with Crippen molar-refractivity contribution in [3.63, 3.8) is 0 Å². The summed E-state index contributed by atoms with van der Waals surface area (Å²) in [6.45, 7) is 12.7. The molecule has 0 unspecified atom stereocenters. The third-order valence-electron chi connectivity index (χ3n) is 4.32. The van der Waals surface area contributed by atoms with Crippen LogP contribution >= 0.6 is 0 Å². The Kier molecular flexibility index (Phi) is 6.78. The van der Waals surface area contributed by atoms with Crippen LogP contribution in [0.1, 0.15) is 63.4 Å². The van der Waals surface area contributed by atoms with Crippen LogP contribution in [0.25, 0.3) is 0 Å². The first kappa shape index (κ1) is 20.0. The highest BCUT2D eigenvalue weighted by atomic mass is 16.1. The summed E-state index contributed by atoms with van der Waals surface area (Å²) in [5, 5.41) is 3.07. The quantitative estimate of drug-likeness (QED) is 0.738. The van der Waals surface area contributed by atoms with Gasteiger partial charge in [-0.05, 0) is 36.0 Å². The van der Waals surface area contributed by atoms with E-state index in [-0.39, 0.29) is 11.3 Å². The smallest absolute Gasteiger partial charge is 0.257 e. The number of hydrogen-bond donors (Lipinski definition) is 1. The van der Waals surface area contributed by atoms with E-state index in [2.05, 4.69) is 55.9 Å². The molecule has 2 rings (SSSR count). The van der Waals surface area contributed by atoms with Crippen molar-refractivity contribution in [2.75, 3.05) is 23.3 Å². The van der Waals surface area contributed by atoms with Gasteiger partial charge in [0.1, 0.15) is 0 Å². The average Bonchev–Trinajstić information content (AvgIpc) is 2.61. The second-order valence-electron chi connectivity index (χ2n) is 7.67. The van der Waals surface area contributed by atoms with Crippen LogP contribution in [0.2, 0.25) is 0 Å². The van der Waals surface area contributed by atoms with E-state index in [0.717, 1.165) is 42.9 Å². The van der Waals surface area contributed by atoms with Gasteiger partial charge in [-0.1, -0.05) is 52.8 Å². The zero-order valence-corrected chi connectivity index (χ0v) is 16.7. The Hall–Kier alpha value is -2.36. The minimum atomic E-state index is -0.121. The summed E-state index contributed by atoms with van der Waals surface area (Å²) in [4.78, 5) is 19.4. The van der Waals surface area contributed by atoms with E-state index in [1.807, 2.05) is 30.5 Å². The number of carbonyl (C=O) groups is 1. The number of para-hydroxylation sites is 1. The van der Waals surface area contributed by atoms with E-state index in [1.165, 1.54) is 0 Å².